The summed E-state index contributed by atoms with van der Waals surface area (Å²) in [6.07, 6.45) is 11.1. The summed E-state index contributed by atoms with van der Waals surface area (Å²) < 4.78 is 5.66. The van der Waals surface area contributed by atoms with Gasteiger partial charge in [-0.15, -0.1) is 0 Å². The second-order valence-electron chi connectivity index (χ2n) is 9.05. The van der Waals surface area contributed by atoms with Crippen LogP contribution in [0.15, 0.2) is 48.5 Å². The van der Waals surface area contributed by atoms with Crippen LogP contribution in [-0.2, 0) is 16.0 Å². The molecular formula is C29H42O2. The zero-order valence-electron chi connectivity index (χ0n) is 20.2. The molecule has 2 rings (SSSR count). The Kier molecular flexibility index (Phi) is 11.4. The Bertz CT molecular complexity index is 745. The van der Waals surface area contributed by atoms with E-state index in [1.165, 1.54) is 61.6 Å². The summed E-state index contributed by atoms with van der Waals surface area (Å²) in [7, 11) is 0. The Balaban J connectivity index is 1.81. The Labute approximate surface area is 190 Å². The van der Waals surface area contributed by atoms with Gasteiger partial charge in [-0.1, -0.05) is 108 Å². The average Bonchev–Trinajstić information content (AvgIpc) is 2.77. The van der Waals surface area contributed by atoms with E-state index in [1.807, 2.05) is 6.92 Å². The Hall–Kier alpha value is -2.09. The molecule has 2 nitrogen and oxygen atoms in total. The monoisotopic (exact) mass is 422 g/mol. The maximum absolute atomic E-state index is 12.2. The van der Waals surface area contributed by atoms with Crippen molar-refractivity contribution >= 4 is 5.97 Å². The summed E-state index contributed by atoms with van der Waals surface area (Å²) in [4.78, 5) is 12.2. The number of ether oxygens (including phenoxy) is 1. The SMILES string of the molecule is CCCCCCc1ccc(-c2ccc(C(C)OC(=O)CCCC(C)CCC)cc2)cc1. The van der Waals surface area contributed by atoms with Gasteiger partial charge in [0.25, 0.3) is 0 Å². The van der Waals surface area contributed by atoms with E-state index in [2.05, 4.69) is 69.3 Å². The molecule has 2 unspecified atom stereocenters. The lowest BCUT2D eigenvalue weighted by atomic mass is 9.99. The van der Waals surface area contributed by atoms with E-state index < -0.39 is 0 Å². The molecular weight excluding hydrogens is 380 g/mol. The summed E-state index contributed by atoms with van der Waals surface area (Å²) in [5.41, 5.74) is 4.89. The highest BCUT2D eigenvalue weighted by molar-refractivity contribution is 5.69. The lowest BCUT2D eigenvalue weighted by Crippen LogP contribution is -2.09. The Morgan fingerprint density at radius 3 is 2.03 bits per heavy atom. The van der Waals surface area contributed by atoms with Gasteiger partial charge in [0.15, 0.2) is 0 Å². The second kappa shape index (κ2) is 14.1. The molecule has 2 atom stereocenters. The van der Waals surface area contributed by atoms with E-state index >= 15 is 0 Å². The van der Waals surface area contributed by atoms with E-state index in [4.69, 9.17) is 4.74 Å². The van der Waals surface area contributed by atoms with Gasteiger partial charge >= 0.3 is 5.97 Å². The molecule has 0 N–H and O–H groups in total. The van der Waals surface area contributed by atoms with Crippen LogP contribution in [0.25, 0.3) is 11.1 Å². The molecule has 0 saturated carbocycles. The van der Waals surface area contributed by atoms with Crippen LogP contribution < -0.4 is 0 Å². The van der Waals surface area contributed by atoms with Gasteiger partial charge in [0, 0.05) is 6.42 Å². The van der Waals surface area contributed by atoms with Crippen LogP contribution in [0.4, 0.5) is 0 Å². The maximum Gasteiger partial charge on any atom is 0.306 e. The minimum absolute atomic E-state index is 0.0881. The fourth-order valence-corrected chi connectivity index (χ4v) is 4.12. The van der Waals surface area contributed by atoms with Crippen LogP contribution in [0.3, 0.4) is 0 Å². The second-order valence-corrected chi connectivity index (χ2v) is 9.05. The molecule has 0 spiro atoms. The molecule has 2 heteroatoms. The molecule has 170 valence electrons. The van der Waals surface area contributed by atoms with Crippen molar-refractivity contribution in [1.29, 1.82) is 0 Å². The molecule has 0 radical (unpaired) electrons. The van der Waals surface area contributed by atoms with Crippen LogP contribution in [0.1, 0.15) is 103 Å². The number of aryl methyl sites for hydroxylation is 1. The van der Waals surface area contributed by atoms with Crippen molar-refractivity contribution in [2.24, 2.45) is 5.92 Å². The molecule has 0 aliphatic heterocycles. The molecule has 2 aromatic carbocycles. The van der Waals surface area contributed by atoms with E-state index in [-0.39, 0.29) is 12.1 Å². The highest BCUT2D eigenvalue weighted by Gasteiger charge is 2.12. The number of esters is 1. The number of carbonyl (C=O) groups is 1. The lowest BCUT2D eigenvalue weighted by molar-refractivity contribution is -0.148. The largest absolute Gasteiger partial charge is 0.458 e. The van der Waals surface area contributed by atoms with Crippen LogP contribution in [0, 0.1) is 5.92 Å². The van der Waals surface area contributed by atoms with Crippen molar-refractivity contribution in [1.82, 2.24) is 0 Å². The van der Waals surface area contributed by atoms with Crippen molar-refractivity contribution < 1.29 is 9.53 Å². The van der Waals surface area contributed by atoms with Crippen LogP contribution >= 0.6 is 0 Å². The lowest BCUT2D eigenvalue weighted by Gasteiger charge is -2.15. The number of unbranched alkanes of at least 4 members (excludes halogenated alkanes) is 3. The summed E-state index contributed by atoms with van der Waals surface area (Å²) >= 11 is 0. The fourth-order valence-electron chi connectivity index (χ4n) is 4.12. The van der Waals surface area contributed by atoms with E-state index in [9.17, 15) is 4.79 Å². The van der Waals surface area contributed by atoms with Gasteiger partial charge in [0.1, 0.15) is 6.10 Å². The number of carbonyl (C=O) groups excluding carboxylic acids is 1. The predicted octanol–water partition coefficient (Wildman–Crippen LogP) is 8.69. The number of hydrogen-bond donors (Lipinski definition) is 0. The summed E-state index contributed by atoms with van der Waals surface area (Å²) in [5, 5.41) is 0. The third-order valence-electron chi connectivity index (χ3n) is 6.15. The minimum atomic E-state index is -0.208. The van der Waals surface area contributed by atoms with E-state index in [0.717, 1.165) is 18.4 Å². The molecule has 0 aliphatic carbocycles. The van der Waals surface area contributed by atoms with Gasteiger partial charge in [-0.3, -0.25) is 4.79 Å². The minimum Gasteiger partial charge on any atom is -0.458 e. The number of hydrogen-bond acceptors (Lipinski definition) is 2. The maximum atomic E-state index is 12.2. The quantitative estimate of drug-likeness (QED) is 0.225. The van der Waals surface area contributed by atoms with Gasteiger partial charge in [-0.25, -0.2) is 0 Å². The molecule has 31 heavy (non-hydrogen) atoms. The normalized spacial score (nSPS) is 13.0. The van der Waals surface area contributed by atoms with Gasteiger partial charge in [-0.2, -0.15) is 0 Å². The number of benzene rings is 2. The van der Waals surface area contributed by atoms with E-state index in [0.29, 0.717) is 12.3 Å². The fraction of sp³-hybridized carbons (Fsp3) is 0.552. The average molecular weight is 423 g/mol. The number of rotatable bonds is 14. The van der Waals surface area contributed by atoms with E-state index in [1.54, 1.807) is 0 Å². The van der Waals surface area contributed by atoms with Crippen molar-refractivity contribution in [3.63, 3.8) is 0 Å². The van der Waals surface area contributed by atoms with Gasteiger partial charge < -0.3 is 4.74 Å². The molecule has 0 fully saturated rings. The van der Waals surface area contributed by atoms with Crippen LogP contribution in [0.5, 0.6) is 0 Å². The van der Waals surface area contributed by atoms with Crippen molar-refractivity contribution in [2.75, 3.05) is 0 Å². The van der Waals surface area contributed by atoms with Gasteiger partial charge in [-0.05, 0) is 54.4 Å². The highest BCUT2D eigenvalue weighted by atomic mass is 16.5. The van der Waals surface area contributed by atoms with Gasteiger partial charge in [0.05, 0.1) is 0 Å². The van der Waals surface area contributed by atoms with Crippen molar-refractivity contribution in [3.8, 4) is 11.1 Å². The first-order valence-electron chi connectivity index (χ1n) is 12.4. The smallest absolute Gasteiger partial charge is 0.306 e. The Morgan fingerprint density at radius 2 is 1.42 bits per heavy atom. The molecule has 0 aromatic heterocycles. The topological polar surface area (TPSA) is 26.3 Å². The summed E-state index contributed by atoms with van der Waals surface area (Å²) in [6, 6.07) is 17.3. The van der Waals surface area contributed by atoms with Crippen LogP contribution in [-0.4, -0.2) is 5.97 Å². The molecule has 0 heterocycles. The van der Waals surface area contributed by atoms with Crippen LogP contribution in [0.2, 0.25) is 0 Å². The third-order valence-corrected chi connectivity index (χ3v) is 6.15. The summed E-state index contributed by atoms with van der Waals surface area (Å²) in [5.74, 6) is 0.604. The predicted molar refractivity (Wildman–Crippen MR) is 132 cm³/mol. The van der Waals surface area contributed by atoms with Gasteiger partial charge in [0.2, 0.25) is 0 Å². The first kappa shape index (κ1) is 25.2. The van der Waals surface area contributed by atoms with Crippen molar-refractivity contribution in [2.45, 2.75) is 98.0 Å². The summed E-state index contributed by atoms with van der Waals surface area (Å²) in [6.45, 7) is 8.68. The molecule has 0 saturated heterocycles. The zero-order chi connectivity index (χ0) is 22.5. The zero-order valence-corrected chi connectivity index (χ0v) is 20.2. The molecule has 2 aromatic rings. The molecule has 0 bridgehead atoms. The Morgan fingerprint density at radius 1 is 0.774 bits per heavy atom. The third kappa shape index (κ3) is 9.29. The van der Waals surface area contributed by atoms with Crippen molar-refractivity contribution in [3.05, 3.63) is 59.7 Å². The highest BCUT2D eigenvalue weighted by Crippen LogP contribution is 2.25. The standard InChI is InChI=1S/C29H42O2/c1-5-7-8-9-13-25-15-17-27(18-16-25)28-21-19-26(20-22-28)24(4)31-29(30)14-10-12-23(3)11-6-2/h15-24H,5-14H2,1-4H3. The first-order chi connectivity index (χ1) is 15.0. The molecule has 0 amide bonds. The first-order valence-corrected chi connectivity index (χ1v) is 12.4. The molecule has 0 aliphatic rings.